The van der Waals surface area contributed by atoms with Crippen LogP contribution in [0.2, 0.25) is 0 Å². The Balaban J connectivity index is 2.07. The quantitative estimate of drug-likeness (QED) is 0.320. The van der Waals surface area contributed by atoms with Gasteiger partial charge in [0.2, 0.25) is 0 Å². The highest BCUT2D eigenvalue weighted by atomic mass is 32.2. The number of aliphatic hydroxyl groups is 1. The summed E-state index contributed by atoms with van der Waals surface area (Å²) in [4.78, 5) is 14.2. The largest absolute Gasteiger partial charge is 0.459 e. The van der Waals surface area contributed by atoms with Crippen molar-refractivity contribution in [2.75, 3.05) is 12.4 Å². The molecule has 1 aliphatic heterocycles. The van der Waals surface area contributed by atoms with Crippen molar-refractivity contribution in [1.82, 2.24) is 0 Å². The fourth-order valence-electron chi connectivity index (χ4n) is 2.72. The molecule has 1 N–H and O–H groups in total. The van der Waals surface area contributed by atoms with Crippen LogP contribution in [0.3, 0.4) is 0 Å². The third-order valence-electron chi connectivity index (χ3n) is 3.85. The lowest BCUT2D eigenvalue weighted by Gasteiger charge is -2.42. The SMILES string of the molecule is CCS[C@@H]1O[C@H](COCc2ccccc2)[C@H](O)[C@H](OC(C)=O)[C@H]1N=[N+]=[N-]. The summed E-state index contributed by atoms with van der Waals surface area (Å²) >= 11 is 1.42. The van der Waals surface area contributed by atoms with Crippen molar-refractivity contribution in [1.29, 1.82) is 0 Å². The van der Waals surface area contributed by atoms with Crippen molar-refractivity contribution in [2.24, 2.45) is 5.11 Å². The van der Waals surface area contributed by atoms with Gasteiger partial charge in [-0.3, -0.25) is 4.79 Å². The van der Waals surface area contributed by atoms with Gasteiger partial charge in [0, 0.05) is 11.8 Å². The molecule has 9 heteroatoms. The Labute approximate surface area is 156 Å². The third-order valence-corrected chi connectivity index (χ3v) is 4.91. The Morgan fingerprint density at radius 1 is 1.42 bits per heavy atom. The Kier molecular flexibility index (Phi) is 8.21. The third kappa shape index (κ3) is 5.62. The van der Waals surface area contributed by atoms with Crippen molar-refractivity contribution in [3.05, 3.63) is 46.3 Å². The summed E-state index contributed by atoms with van der Waals surface area (Å²) in [5.41, 5.74) is 9.29. The molecule has 0 spiro atoms. The summed E-state index contributed by atoms with van der Waals surface area (Å²) in [6.45, 7) is 3.68. The summed E-state index contributed by atoms with van der Waals surface area (Å²) in [6, 6.07) is 8.82. The number of rotatable bonds is 8. The van der Waals surface area contributed by atoms with Gasteiger partial charge in [-0.1, -0.05) is 42.4 Å². The van der Waals surface area contributed by atoms with Gasteiger partial charge >= 0.3 is 5.97 Å². The number of nitrogens with zero attached hydrogens (tertiary/aromatic N) is 3. The van der Waals surface area contributed by atoms with Crippen LogP contribution in [0.5, 0.6) is 0 Å². The molecule has 5 atom stereocenters. The molecule has 0 aliphatic carbocycles. The first-order chi connectivity index (χ1) is 12.6. The number of hydrogen-bond donors (Lipinski definition) is 1. The van der Waals surface area contributed by atoms with Crippen LogP contribution in [0.1, 0.15) is 19.4 Å². The first kappa shape index (κ1) is 20.5. The molecule has 142 valence electrons. The minimum absolute atomic E-state index is 0.123. The summed E-state index contributed by atoms with van der Waals surface area (Å²) in [6.07, 6.45) is -2.83. The number of ether oxygens (including phenoxy) is 3. The topological polar surface area (TPSA) is 114 Å². The van der Waals surface area contributed by atoms with E-state index in [1.54, 1.807) is 0 Å². The first-order valence-electron chi connectivity index (χ1n) is 8.35. The van der Waals surface area contributed by atoms with Gasteiger partial charge in [-0.2, -0.15) is 0 Å². The maximum Gasteiger partial charge on any atom is 0.303 e. The van der Waals surface area contributed by atoms with Crippen molar-refractivity contribution in [3.8, 4) is 0 Å². The zero-order valence-corrected chi connectivity index (χ0v) is 15.5. The van der Waals surface area contributed by atoms with Crippen molar-refractivity contribution in [2.45, 2.75) is 50.2 Å². The number of azide groups is 1. The molecule has 1 aromatic carbocycles. The minimum Gasteiger partial charge on any atom is -0.459 e. The molecule has 0 saturated carbocycles. The van der Waals surface area contributed by atoms with E-state index in [0.29, 0.717) is 12.4 Å². The lowest BCUT2D eigenvalue weighted by molar-refractivity contribution is -0.194. The van der Waals surface area contributed by atoms with E-state index in [0.717, 1.165) is 5.56 Å². The van der Waals surface area contributed by atoms with Gasteiger partial charge in [0.25, 0.3) is 0 Å². The summed E-state index contributed by atoms with van der Waals surface area (Å²) < 4.78 is 16.8. The molecule has 0 unspecified atom stereocenters. The van der Waals surface area contributed by atoms with Gasteiger partial charge in [0.05, 0.1) is 13.2 Å². The molecule has 1 aromatic rings. The molecule has 1 saturated heterocycles. The highest BCUT2D eigenvalue weighted by Crippen LogP contribution is 2.32. The van der Waals surface area contributed by atoms with Crippen LogP contribution in [0.4, 0.5) is 0 Å². The zero-order valence-electron chi connectivity index (χ0n) is 14.7. The van der Waals surface area contributed by atoms with Crippen LogP contribution in [-0.4, -0.2) is 53.2 Å². The van der Waals surface area contributed by atoms with E-state index >= 15 is 0 Å². The molecule has 8 nitrogen and oxygen atoms in total. The molecule has 1 fully saturated rings. The average molecular weight is 381 g/mol. The van der Waals surface area contributed by atoms with Crippen molar-refractivity contribution < 1.29 is 24.1 Å². The maximum atomic E-state index is 11.4. The van der Waals surface area contributed by atoms with E-state index in [-0.39, 0.29) is 6.61 Å². The predicted octanol–water partition coefficient (Wildman–Crippen LogP) is 2.65. The van der Waals surface area contributed by atoms with Crippen LogP contribution >= 0.6 is 11.8 Å². The van der Waals surface area contributed by atoms with Gasteiger partial charge in [-0.05, 0) is 16.8 Å². The fourth-order valence-corrected chi connectivity index (χ4v) is 3.68. The number of esters is 1. The number of benzene rings is 1. The van der Waals surface area contributed by atoms with E-state index < -0.39 is 35.8 Å². The summed E-state index contributed by atoms with van der Waals surface area (Å²) in [7, 11) is 0. The molecule has 0 bridgehead atoms. The lowest BCUT2D eigenvalue weighted by atomic mass is 9.98. The van der Waals surface area contributed by atoms with Gasteiger partial charge in [-0.15, -0.1) is 11.8 Å². The lowest BCUT2D eigenvalue weighted by Crippen LogP contribution is -2.58. The first-order valence-corrected chi connectivity index (χ1v) is 9.40. The summed E-state index contributed by atoms with van der Waals surface area (Å²) in [5, 5.41) is 14.3. The second-order valence-corrected chi connectivity index (χ2v) is 7.13. The average Bonchev–Trinajstić information content (AvgIpc) is 2.62. The Bertz CT molecular complexity index is 626. The smallest absolute Gasteiger partial charge is 0.303 e. The van der Waals surface area contributed by atoms with Crippen LogP contribution in [0.25, 0.3) is 10.4 Å². The Morgan fingerprint density at radius 2 is 2.15 bits per heavy atom. The van der Waals surface area contributed by atoms with Crippen LogP contribution in [0.15, 0.2) is 35.4 Å². The molecule has 26 heavy (non-hydrogen) atoms. The molecule has 1 heterocycles. The van der Waals surface area contributed by atoms with Gasteiger partial charge in [0.15, 0.2) is 0 Å². The van der Waals surface area contributed by atoms with Gasteiger partial charge < -0.3 is 19.3 Å². The number of aliphatic hydroxyl groups excluding tert-OH is 1. The molecular weight excluding hydrogens is 358 g/mol. The Morgan fingerprint density at radius 3 is 2.77 bits per heavy atom. The number of hydrogen-bond acceptors (Lipinski definition) is 7. The molecule has 0 radical (unpaired) electrons. The second kappa shape index (κ2) is 10.4. The van der Waals surface area contributed by atoms with Crippen LogP contribution < -0.4 is 0 Å². The highest BCUT2D eigenvalue weighted by molar-refractivity contribution is 7.99. The molecule has 0 amide bonds. The fraction of sp³-hybridized carbons (Fsp3) is 0.588. The summed E-state index contributed by atoms with van der Waals surface area (Å²) in [5.74, 6) is 0.154. The van der Waals surface area contributed by atoms with Gasteiger partial charge in [-0.25, -0.2) is 0 Å². The standard InChI is InChI=1S/C17H23N3O5S/c1-3-26-17-14(19-20-18)16(24-11(2)21)15(22)13(25-17)10-23-9-12-7-5-4-6-8-12/h4-8,13-17,22H,3,9-10H2,1-2H3/t13-,14-,15+,16-,17+/m1/s1. The molecule has 1 aliphatic rings. The predicted molar refractivity (Wildman–Crippen MR) is 97.4 cm³/mol. The van der Waals surface area contributed by atoms with E-state index in [2.05, 4.69) is 10.0 Å². The van der Waals surface area contributed by atoms with E-state index in [4.69, 9.17) is 19.7 Å². The van der Waals surface area contributed by atoms with Crippen LogP contribution in [0, 0.1) is 0 Å². The minimum atomic E-state index is -1.15. The molecule has 0 aromatic heterocycles. The highest BCUT2D eigenvalue weighted by Gasteiger charge is 2.47. The maximum absolute atomic E-state index is 11.4. The monoisotopic (exact) mass is 381 g/mol. The Hall–Kier alpha value is -1.77. The van der Waals surface area contributed by atoms with Gasteiger partial charge in [0.1, 0.15) is 29.8 Å². The normalized spacial score (nSPS) is 28.2. The second-order valence-electron chi connectivity index (χ2n) is 5.76. The van der Waals surface area contributed by atoms with E-state index in [1.165, 1.54) is 18.7 Å². The number of carbonyl (C=O) groups is 1. The zero-order chi connectivity index (χ0) is 18.9. The molecule has 2 rings (SSSR count). The number of carbonyl (C=O) groups excluding carboxylic acids is 1. The van der Waals surface area contributed by atoms with Crippen molar-refractivity contribution in [3.63, 3.8) is 0 Å². The van der Waals surface area contributed by atoms with Crippen molar-refractivity contribution >= 4 is 17.7 Å². The number of thioether (sulfide) groups is 1. The van der Waals surface area contributed by atoms with E-state index in [1.807, 2.05) is 37.3 Å². The van der Waals surface area contributed by atoms with Crippen LogP contribution in [-0.2, 0) is 25.6 Å². The molecular formula is C17H23N3O5S. The van der Waals surface area contributed by atoms with E-state index in [9.17, 15) is 9.90 Å².